The number of nitrogens with zero attached hydrogens (tertiary/aromatic N) is 2. The van der Waals surface area contributed by atoms with Crippen LogP contribution in [-0.2, 0) is 9.53 Å². The van der Waals surface area contributed by atoms with Crippen molar-refractivity contribution in [3.05, 3.63) is 72.1 Å². The lowest BCUT2D eigenvalue weighted by molar-refractivity contribution is -0.164. The summed E-state index contributed by atoms with van der Waals surface area (Å²) in [5, 5.41) is 2.93. The first-order valence-electron chi connectivity index (χ1n) is 12.2. The largest absolute Gasteiger partial charge is 0.439 e. The molecule has 3 unspecified atom stereocenters. The zero-order valence-corrected chi connectivity index (χ0v) is 22.3. The molecule has 1 heterocycles. The third-order valence-corrected chi connectivity index (χ3v) is 6.64. The second kappa shape index (κ2) is 11.7. The molecular formula is C28H33FN4O3S. The number of hydrogen-bond donors (Lipinski definition) is 2. The van der Waals surface area contributed by atoms with E-state index in [4.69, 9.17) is 22.7 Å². The lowest BCUT2D eigenvalue weighted by Crippen LogP contribution is -2.58. The molecule has 3 atom stereocenters. The summed E-state index contributed by atoms with van der Waals surface area (Å²) in [5.74, 6) is -2.45. The Morgan fingerprint density at radius 2 is 1.73 bits per heavy atom. The summed E-state index contributed by atoms with van der Waals surface area (Å²) < 4.78 is 20.5. The van der Waals surface area contributed by atoms with E-state index < -0.39 is 35.1 Å². The monoisotopic (exact) mass is 524 g/mol. The van der Waals surface area contributed by atoms with Gasteiger partial charge in [0, 0.05) is 19.3 Å². The molecule has 2 aromatic carbocycles. The number of carbonyl (C=O) groups is 2. The number of aromatic nitrogens is 2. The Morgan fingerprint density at radius 1 is 1.11 bits per heavy atom. The second-order valence-electron chi connectivity index (χ2n) is 9.69. The van der Waals surface area contributed by atoms with E-state index in [0.717, 1.165) is 5.56 Å². The second-order valence-corrected chi connectivity index (χ2v) is 10.2. The Hall–Kier alpha value is -3.46. The molecule has 0 aliphatic heterocycles. The molecule has 0 spiro atoms. The van der Waals surface area contributed by atoms with E-state index in [1.807, 2.05) is 36.4 Å². The van der Waals surface area contributed by atoms with Crippen LogP contribution >= 0.6 is 12.2 Å². The van der Waals surface area contributed by atoms with E-state index in [9.17, 15) is 14.0 Å². The molecule has 0 saturated heterocycles. The minimum Gasteiger partial charge on any atom is -0.439 e. The van der Waals surface area contributed by atoms with Crippen LogP contribution in [0.4, 0.5) is 4.39 Å². The van der Waals surface area contributed by atoms with E-state index in [1.54, 1.807) is 25.1 Å². The smallest absolute Gasteiger partial charge is 0.304 e. The van der Waals surface area contributed by atoms with E-state index >= 15 is 0 Å². The van der Waals surface area contributed by atoms with Crippen LogP contribution in [-0.4, -0.2) is 38.2 Å². The van der Waals surface area contributed by atoms with Gasteiger partial charge in [0.1, 0.15) is 11.4 Å². The molecule has 9 heteroatoms. The van der Waals surface area contributed by atoms with Crippen molar-refractivity contribution < 1.29 is 18.7 Å². The Morgan fingerprint density at radius 3 is 2.30 bits per heavy atom. The number of halogens is 1. The van der Waals surface area contributed by atoms with Crippen molar-refractivity contribution >= 4 is 40.1 Å². The number of rotatable bonds is 11. The lowest BCUT2D eigenvalue weighted by Gasteiger charge is -2.43. The first-order valence-corrected chi connectivity index (χ1v) is 12.6. The molecule has 0 bridgehead atoms. The van der Waals surface area contributed by atoms with Crippen LogP contribution < -0.4 is 11.1 Å². The molecule has 3 N–H and O–H groups in total. The van der Waals surface area contributed by atoms with E-state index in [-0.39, 0.29) is 29.9 Å². The van der Waals surface area contributed by atoms with Crippen LogP contribution in [0.5, 0.6) is 0 Å². The van der Waals surface area contributed by atoms with Crippen molar-refractivity contribution in [2.45, 2.75) is 64.3 Å². The first-order chi connectivity index (χ1) is 17.5. The maximum Gasteiger partial charge on any atom is 0.304 e. The maximum absolute atomic E-state index is 14.6. The van der Waals surface area contributed by atoms with Crippen LogP contribution in [0.3, 0.4) is 0 Å². The molecule has 1 amide bonds. The summed E-state index contributed by atoms with van der Waals surface area (Å²) in [6.07, 6.45) is 2.02. The normalized spacial score (nSPS) is 14.8. The summed E-state index contributed by atoms with van der Waals surface area (Å²) in [6, 6.07) is 16.4. The zero-order chi connectivity index (χ0) is 27.2. The maximum atomic E-state index is 14.6. The zero-order valence-electron chi connectivity index (χ0n) is 21.5. The number of para-hydroxylation sites is 2. The van der Waals surface area contributed by atoms with Crippen molar-refractivity contribution in [3.8, 4) is 0 Å². The van der Waals surface area contributed by atoms with Crippen LogP contribution in [0.2, 0.25) is 0 Å². The van der Waals surface area contributed by atoms with Crippen molar-refractivity contribution in [2.24, 2.45) is 11.7 Å². The molecule has 0 aliphatic rings. The van der Waals surface area contributed by atoms with Gasteiger partial charge in [-0.25, -0.2) is 9.37 Å². The number of benzene rings is 2. The van der Waals surface area contributed by atoms with Crippen LogP contribution in [0.25, 0.3) is 11.0 Å². The fourth-order valence-electron chi connectivity index (χ4n) is 4.59. The molecule has 37 heavy (non-hydrogen) atoms. The number of thiocarbonyl (C=S) groups is 1. The van der Waals surface area contributed by atoms with Gasteiger partial charge in [-0.15, -0.1) is 0 Å². The van der Waals surface area contributed by atoms with E-state index in [1.165, 1.54) is 27.0 Å². The molecule has 1 aromatic heterocycles. The van der Waals surface area contributed by atoms with Gasteiger partial charge in [-0.2, -0.15) is 0 Å². The highest BCUT2D eigenvalue weighted by molar-refractivity contribution is 7.80. The molecule has 3 rings (SSSR count). The van der Waals surface area contributed by atoms with Crippen LogP contribution in [0, 0.1) is 5.92 Å². The number of amides is 1. The first kappa shape index (κ1) is 28.1. The highest BCUT2D eigenvalue weighted by atomic mass is 32.1. The molecule has 0 aliphatic carbocycles. The minimum atomic E-state index is -1.55. The van der Waals surface area contributed by atoms with Gasteiger partial charge in [-0.3, -0.25) is 14.6 Å². The SMILES string of the molecule is CCC(NC(=O)c1cnc2ccccc2n1)(OC(C)=O)C(c1ccccc1)C(CCC(C)(C)F)C(N)=S. The number of ether oxygens (including phenoxy) is 1. The number of nitrogens with two attached hydrogens (primary N) is 1. The lowest BCUT2D eigenvalue weighted by atomic mass is 9.74. The fraction of sp³-hybridized carbons (Fsp3) is 0.393. The Kier molecular flexibility index (Phi) is 8.91. The number of hydrogen-bond acceptors (Lipinski definition) is 6. The minimum absolute atomic E-state index is 0.0623. The molecular weight excluding hydrogens is 491 g/mol. The van der Waals surface area contributed by atoms with Crippen molar-refractivity contribution in [2.75, 3.05) is 0 Å². The fourth-order valence-corrected chi connectivity index (χ4v) is 4.84. The Labute approximate surface area is 222 Å². The summed E-state index contributed by atoms with van der Waals surface area (Å²) in [6.45, 7) is 6.04. The van der Waals surface area contributed by atoms with E-state index in [2.05, 4.69) is 15.3 Å². The third kappa shape index (κ3) is 7.07. The van der Waals surface area contributed by atoms with E-state index in [0.29, 0.717) is 11.0 Å². The van der Waals surface area contributed by atoms with Crippen LogP contribution in [0.15, 0.2) is 60.8 Å². The summed E-state index contributed by atoms with van der Waals surface area (Å²) >= 11 is 5.45. The standard InChI is InChI=1S/C28H33FN4O3S/c1-5-28(36-18(2)34,33-26(35)23-17-31-21-13-9-10-14-22(21)32-23)24(19-11-7-6-8-12-19)20(25(30)37)15-16-27(3,4)29/h6-14,17,20,24H,5,15-16H2,1-4H3,(H2,30,37)(H,33,35). The third-order valence-electron chi connectivity index (χ3n) is 6.34. The van der Waals surface area contributed by atoms with Gasteiger partial charge in [0.25, 0.3) is 5.91 Å². The average Bonchev–Trinajstić information content (AvgIpc) is 2.85. The molecule has 0 saturated carbocycles. The average molecular weight is 525 g/mol. The number of alkyl halides is 1. The summed E-state index contributed by atoms with van der Waals surface area (Å²) in [4.78, 5) is 34.9. The predicted octanol–water partition coefficient (Wildman–Crippen LogP) is 5.24. The molecule has 7 nitrogen and oxygen atoms in total. The van der Waals surface area contributed by atoms with Gasteiger partial charge < -0.3 is 15.8 Å². The summed E-state index contributed by atoms with van der Waals surface area (Å²) in [7, 11) is 0. The van der Waals surface area contributed by atoms with Gasteiger partial charge in [0.2, 0.25) is 0 Å². The number of esters is 1. The predicted molar refractivity (Wildman–Crippen MR) is 146 cm³/mol. The van der Waals surface area contributed by atoms with Gasteiger partial charge in [-0.1, -0.05) is 61.6 Å². The van der Waals surface area contributed by atoms with Crippen LogP contribution in [0.1, 0.15) is 68.9 Å². The van der Waals surface area contributed by atoms with Gasteiger partial charge in [-0.05, 0) is 44.4 Å². The molecule has 0 radical (unpaired) electrons. The van der Waals surface area contributed by atoms with Gasteiger partial charge in [0.05, 0.1) is 28.1 Å². The Bertz CT molecular complexity index is 1270. The summed E-state index contributed by atoms with van der Waals surface area (Å²) in [5.41, 5.74) is 5.21. The van der Waals surface area contributed by atoms with Crippen molar-refractivity contribution in [3.63, 3.8) is 0 Å². The molecule has 0 fully saturated rings. The highest BCUT2D eigenvalue weighted by Gasteiger charge is 2.48. The molecule has 3 aromatic rings. The van der Waals surface area contributed by atoms with Crippen molar-refractivity contribution in [1.82, 2.24) is 15.3 Å². The number of fused-ring (bicyclic) bond motifs is 1. The van der Waals surface area contributed by atoms with Crippen molar-refractivity contribution in [1.29, 1.82) is 0 Å². The topological polar surface area (TPSA) is 107 Å². The Balaban J connectivity index is 2.12. The molecule has 196 valence electrons. The number of carbonyl (C=O) groups excluding carboxylic acids is 2. The van der Waals surface area contributed by atoms with Gasteiger partial charge in [0.15, 0.2) is 5.72 Å². The van der Waals surface area contributed by atoms with Gasteiger partial charge >= 0.3 is 5.97 Å². The number of nitrogens with one attached hydrogen (secondary N) is 1. The quantitative estimate of drug-likeness (QED) is 0.201. The highest BCUT2D eigenvalue weighted by Crippen LogP contribution is 2.42.